The van der Waals surface area contributed by atoms with E-state index in [4.69, 9.17) is 0 Å². The molecular formula is C14H18N8O3. The van der Waals surface area contributed by atoms with Gasteiger partial charge < -0.3 is 24.8 Å². The number of aromatic nitrogens is 7. The normalized spacial score (nSPS) is 14.5. The highest BCUT2D eigenvalue weighted by Crippen LogP contribution is 2.27. The largest absolute Gasteiger partial charge is 0.394 e. The van der Waals surface area contributed by atoms with E-state index in [1.165, 1.54) is 6.33 Å². The number of aliphatic hydroxyl groups excluding tert-OH is 3. The average molecular weight is 346 g/mol. The number of rotatable bonds is 5. The Hall–Kier alpha value is -2.63. The van der Waals surface area contributed by atoms with Crippen molar-refractivity contribution in [3.8, 4) is 0 Å². The Morgan fingerprint density at radius 3 is 2.68 bits per heavy atom. The maximum Gasteiger partial charge on any atom is 0.165 e. The molecule has 0 saturated carbocycles. The molecule has 3 aromatic heterocycles. The van der Waals surface area contributed by atoms with Gasteiger partial charge in [0.25, 0.3) is 0 Å². The second-order valence-electron chi connectivity index (χ2n) is 5.83. The predicted molar refractivity (Wildman–Crippen MR) is 85.5 cm³/mol. The first-order valence-corrected chi connectivity index (χ1v) is 7.93. The molecule has 4 heterocycles. The lowest BCUT2D eigenvalue weighted by molar-refractivity contribution is 0.156. The van der Waals surface area contributed by atoms with Crippen molar-refractivity contribution in [2.24, 2.45) is 0 Å². The SMILES string of the molecule is OCc1nnn2c1CN(c1ncnc3c1ncn3C(CO)CO)CC2. The molecule has 0 unspecified atom stereocenters. The average Bonchev–Trinajstić information content (AvgIpc) is 3.26. The third-order valence-electron chi connectivity index (χ3n) is 4.44. The molecule has 0 aromatic carbocycles. The highest BCUT2D eigenvalue weighted by atomic mass is 16.3. The van der Waals surface area contributed by atoms with Crippen LogP contribution in [0.15, 0.2) is 12.7 Å². The van der Waals surface area contributed by atoms with Crippen LogP contribution in [0.2, 0.25) is 0 Å². The van der Waals surface area contributed by atoms with Crippen molar-refractivity contribution in [2.75, 3.05) is 24.7 Å². The van der Waals surface area contributed by atoms with E-state index in [0.29, 0.717) is 42.3 Å². The Labute approximate surface area is 142 Å². The van der Waals surface area contributed by atoms with Crippen LogP contribution in [0.1, 0.15) is 17.4 Å². The van der Waals surface area contributed by atoms with Crippen LogP contribution in [0.25, 0.3) is 11.2 Å². The van der Waals surface area contributed by atoms with Gasteiger partial charge >= 0.3 is 0 Å². The molecule has 0 radical (unpaired) electrons. The van der Waals surface area contributed by atoms with Gasteiger partial charge in [-0.1, -0.05) is 5.21 Å². The predicted octanol–water partition coefficient (Wildman–Crippen LogP) is -1.54. The van der Waals surface area contributed by atoms with Crippen LogP contribution in [0.3, 0.4) is 0 Å². The summed E-state index contributed by atoms with van der Waals surface area (Å²) in [6.07, 6.45) is 2.99. The van der Waals surface area contributed by atoms with Gasteiger partial charge in [-0.2, -0.15) is 0 Å². The quantitative estimate of drug-likeness (QED) is 0.501. The van der Waals surface area contributed by atoms with Crippen molar-refractivity contribution in [3.63, 3.8) is 0 Å². The van der Waals surface area contributed by atoms with Crippen LogP contribution in [0, 0.1) is 0 Å². The second-order valence-corrected chi connectivity index (χ2v) is 5.83. The van der Waals surface area contributed by atoms with E-state index in [9.17, 15) is 15.3 Å². The van der Waals surface area contributed by atoms with Gasteiger partial charge in [-0.3, -0.25) is 0 Å². The van der Waals surface area contributed by atoms with E-state index >= 15 is 0 Å². The summed E-state index contributed by atoms with van der Waals surface area (Å²) in [7, 11) is 0. The summed E-state index contributed by atoms with van der Waals surface area (Å²) in [4.78, 5) is 15.0. The summed E-state index contributed by atoms with van der Waals surface area (Å²) in [5, 5.41) is 36.3. The minimum Gasteiger partial charge on any atom is -0.394 e. The fraction of sp³-hybridized carbons (Fsp3) is 0.500. The first-order chi connectivity index (χ1) is 12.3. The van der Waals surface area contributed by atoms with Crippen LogP contribution < -0.4 is 4.90 Å². The van der Waals surface area contributed by atoms with Gasteiger partial charge in [0.05, 0.1) is 51.0 Å². The van der Waals surface area contributed by atoms with Crippen LogP contribution in [-0.4, -0.2) is 69.6 Å². The molecule has 25 heavy (non-hydrogen) atoms. The topological polar surface area (TPSA) is 138 Å². The molecule has 0 fully saturated rings. The third-order valence-corrected chi connectivity index (χ3v) is 4.44. The molecule has 132 valence electrons. The summed E-state index contributed by atoms with van der Waals surface area (Å²) in [6, 6.07) is -0.499. The van der Waals surface area contributed by atoms with Gasteiger partial charge in [0.15, 0.2) is 17.0 Å². The highest BCUT2D eigenvalue weighted by Gasteiger charge is 2.25. The lowest BCUT2D eigenvalue weighted by Crippen LogP contribution is -2.35. The Kier molecular flexibility index (Phi) is 4.03. The molecular weight excluding hydrogens is 328 g/mol. The molecule has 0 amide bonds. The fourth-order valence-electron chi connectivity index (χ4n) is 3.07. The molecule has 11 nitrogen and oxygen atoms in total. The van der Waals surface area contributed by atoms with Crippen molar-refractivity contribution in [3.05, 3.63) is 24.0 Å². The summed E-state index contributed by atoms with van der Waals surface area (Å²) in [6.45, 7) is 1.22. The number of hydrogen-bond donors (Lipinski definition) is 3. The molecule has 1 aliphatic heterocycles. The molecule has 0 atom stereocenters. The Balaban J connectivity index is 1.73. The zero-order chi connectivity index (χ0) is 17.4. The summed E-state index contributed by atoms with van der Waals surface area (Å²) in [5.41, 5.74) is 2.56. The van der Waals surface area contributed by atoms with E-state index in [1.54, 1.807) is 15.6 Å². The maximum absolute atomic E-state index is 9.42. The number of fused-ring (bicyclic) bond motifs is 2. The molecule has 0 aliphatic carbocycles. The number of hydrogen-bond acceptors (Lipinski definition) is 9. The van der Waals surface area contributed by atoms with Crippen molar-refractivity contribution in [1.29, 1.82) is 0 Å². The summed E-state index contributed by atoms with van der Waals surface area (Å²) >= 11 is 0. The molecule has 1 aliphatic rings. The van der Waals surface area contributed by atoms with Crippen molar-refractivity contribution in [1.82, 2.24) is 34.5 Å². The van der Waals surface area contributed by atoms with Gasteiger partial charge in [-0.05, 0) is 0 Å². The molecule has 0 bridgehead atoms. The Bertz CT molecular complexity index is 874. The van der Waals surface area contributed by atoms with Crippen molar-refractivity contribution >= 4 is 17.0 Å². The maximum atomic E-state index is 9.42. The lowest BCUT2D eigenvalue weighted by Gasteiger charge is -2.28. The summed E-state index contributed by atoms with van der Waals surface area (Å²) < 4.78 is 3.43. The monoisotopic (exact) mass is 346 g/mol. The van der Waals surface area contributed by atoms with E-state index in [2.05, 4.69) is 25.3 Å². The van der Waals surface area contributed by atoms with Gasteiger partial charge in [0.2, 0.25) is 0 Å². The van der Waals surface area contributed by atoms with E-state index in [0.717, 1.165) is 5.69 Å². The number of nitrogens with zero attached hydrogens (tertiary/aromatic N) is 8. The summed E-state index contributed by atoms with van der Waals surface area (Å²) in [5.74, 6) is 0.662. The van der Waals surface area contributed by atoms with E-state index in [1.807, 2.05) is 4.90 Å². The molecule has 3 aromatic rings. The standard InChI is InChI=1S/C14H18N8O3/c23-4-9(5-24)21-8-17-12-13(15-7-16-14(12)21)20-1-2-22-11(3-20)10(6-25)18-19-22/h7-9,23-25H,1-6H2. The molecule has 4 rings (SSSR count). The van der Waals surface area contributed by atoms with E-state index in [-0.39, 0.29) is 19.8 Å². The third kappa shape index (κ3) is 2.52. The second kappa shape index (κ2) is 6.35. The van der Waals surface area contributed by atoms with Gasteiger partial charge in [-0.15, -0.1) is 5.10 Å². The smallest absolute Gasteiger partial charge is 0.165 e. The van der Waals surface area contributed by atoms with Gasteiger partial charge in [0.1, 0.15) is 12.0 Å². The highest BCUT2D eigenvalue weighted by molar-refractivity contribution is 5.83. The first-order valence-electron chi connectivity index (χ1n) is 7.93. The van der Waals surface area contributed by atoms with E-state index < -0.39 is 6.04 Å². The molecule has 11 heteroatoms. The van der Waals surface area contributed by atoms with Crippen LogP contribution in [-0.2, 0) is 19.7 Å². The minimum atomic E-state index is -0.499. The van der Waals surface area contributed by atoms with Crippen LogP contribution >= 0.6 is 0 Å². The molecule has 3 N–H and O–H groups in total. The Morgan fingerprint density at radius 2 is 1.92 bits per heavy atom. The van der Waals surface area contributed by atoms with Crippen molar-refractivity contribution < 1.29 is 15.3 Å². The minimum absolute atomic E-state index is 0.161. The van der Waals surface area contributed by atoms with Gasteiger partial charge in [-0.25, -0.2) is 19.6 Å². The Morgan fingerprint density at radius 1 is 1.08 bits per heavy atom. The van der Waals surface area contributed by atoms with Crippen LogP contribution in [0.4, 0.5) is 5.82 Å². The zero-order valence-corrected chi connectivity index (χ0v) is 13.4. The first kappa shape index (κ1) is 15.9. The molecule has 0 spiro atoms. The number of anilines is 1. The molecule has 0 saturated heterocycles. The zero-order valence-electron chi connectivity index (χ0n) is 13.4. The fourth-order valence-corrected chi connectivity index (χ4v) is 3.07. The number of imidazole rings is 1. The van der Waals surface area contributed by atoms with Gasteiger partial charge in [0, 0.05) is 6.54 Å². The van der Waals surface area contributed by atoms with Crippen LogP contribution in [0.5, 0.6) is 0 Å². The van der Waals surface area contributed by atoms with Crippen molar-refractivity contribution in [2.45, 2.75) is 25.7 Å². The number of aliphatic hydroxyl groups is 3. The lowest BCUT2D eigenvalue weighted by atomic mass is 10.2.